The number of benzene rings is 1. The van der Waals surface area contributed by atoms with Crippen molar-refractivity contribution in [1.82, 2.24) is 4.90 Å². The minimum absolute atomic E-state index is 0.194. The summed E-state index contributed by atoms with van der Waals surface area (Å²) in [5.41, 5.74) is 1.13. The van der Waals surface area contributed by atoms with E-state index in [1.165, 1.54) is 18.6 Å². The number of hydrogen-bond acceptors (Lipinski definition) is 1. The van der Waals surface area contributed by atoms with E-state index >= 15 is 0 Å². The molecule has 0 atom stereocenters. The molecule has 0 amide bonds. The molecule has 0 unspecified atom stereocenters. The first kappa shape index (κ1) is 13.7. The van der Waals surface area contributed by atoms with Crippen LogP contribution >= 0.6 is 15.9 Å². The Morgan fingerprint density at radius 1 is 1.38 bits per heavy atom. The lowest BCUT2D eigenvalue weighted by molar-refractivity contribution is 0.303. The van der Waals surface area contributed by atoms with Crippen LogP contribution in [0.4, 0.5) is 4.39 Å². The first-order chi connectivity index (χ1) is 7.49. The molecule has 3 heteroatoms. The average molecular weight is 288 g/mol. The Morgan fingerprint density at radius 2 is 2.06 bits per heavy atom. The monoisotopic (exact) mass is 287 g/mol. The van der Waals surface area contributed by atoms with Gasteiger partial charge in [0.25, 0.3) is 0 Å². The van der Waals surface area contributed by atoms with E-state index < -0.39 is 0 Å². The standard InChI is InChI=1S/C13H19BrFN/c1-10(2)6-7-16(3)9-11-4-5-12(15)8-13(11)14/h4-5,8,10H,6-7,9H2,1-3H3. The van der Waals surface area contributed by atoms with Gasteiger partial charge in [-0.1, -0.05) is 35.8 Å². The van der Waals surface area contributed by atoms with Crippen LogP contribution in [0.15, 0.2) is 22.7 Å². The van der Waals surface area contributed by atoms with Gasteiger partial charge < -0.3 is 4.90 Å². The molecule has 1 aromatic carbocycles. The van der Waals surface area contributed by atoms with Crippen LogP contribution in [-0.2, 0) is 6.54 Å². The van der Waals surface area contributed by atoms with Crippen LogP contribution in [0.2, 0.25) is 0 Å². The SMILES string of the molecule is CC(C)CCN(C)Cc1ccc(F)cc1Br. The van der Waals surface area contributed by atoms with Crippen LogP contribution in [0.25, 0.3) is 0 Å². The van der Waals surface area contributed by atoms with Crippen molar-refractivity contribution in [2.45, 2.75) is 26.8 Å². The Morgan fingerprint density at radius 3 is 2.62 bits per heavy atom. The van der Waals surface area contributed by atoms with Crippen molar-refractivity contribution in [1.29, 1.82) is 0 Å². The van der Waals surface area contributed by atoms with Gasteiger partial charge in [-0.05, 0) is 43.6 Å². The molecule has 1 aromatic rings. The maximum atomic E-state index is 12.9. The summed E-state index contributed by atoms with van der Waals surface area (Å²) in [7, 11) is 2.10. The number of halogens is 2. The summed E-state index contributed by atoms with van der Waals surface area (Å²) < 4.78 is 13.7. The summed E-state index contributed by atoms with van der Waals surface area (Å²) in [5.74, 6) is 0.527. The van der Waals surface area contributed by atoms with Gasteiger partial charge in [0.15, 0.2) is 0 Å². The maximum Gasteiger partial charge on any atom is 0.124 e. The zero-order valence-corrected chi connectivity index (χ0v) is 11.7. The highest BCUT2D eigenvalue weighted by atomic mass is 79.9. The second-order valence-electron chi connectivity index (χ2n) is 4.66. The molecule has 0 heterocycles. The first-order valence-corrected chi connectivity index (χ1v) is 6.41. The summed E-state index contributed by atoms with van der Waals surface area (Å²) in [4.78, 5) is 2.26. The number of hydrogen-bond donors (Lipinski definition) is 0. The summed E-state index contributed by atoms with van der Waals surface area (Å²) in [6.07, 6.45) is 1.19. The molecule has 0 radical (unpaired) electrons. The minimum atomic E-state index is -0.194. The second-order valence-corrected chi connectivity index (χ2v) is 5.51. The molecule has 0 saturated heterocycles. The molecule has 0 aliphatic rings. The number of rotatable bonds is 5. The Labute approximate surface area is 106 Å². The quantitative estimate of drug-likeness (QED) is 0.789. The molecule has 0 fully saturated rings. The van der Waals surface area contributed by atoms with Gasteiger partial charge in [-0.25, -0.2) is 4.39 Å². The van der Waals surface area contributed by atoms with Crippen LogP contribution in [0.1, 0.15) is 25.8 Å². The van der Waals surface area contributed by atoms with Crippen molar-refractivity contribution >= 4 is 15.9 Å². The molecule has 1 nitrogen and oxygen atoms in total. The fourth-order valence-corrected chi connectivity index (χ4v) is 1.97. The largest absolute Gasteiger partial charge is 0.302 e. The average Bonchev–Trinajstić information content (AvgIpc) is 2.19. The smallest absolute Gasteiger partial charge is 0.124 e. The predicted octanol–water partition coefficient (Wildman–Crippen LogP) is 4.07. The molecule has 0 bridgehead atoms. The summed E-state index contributed by atoms with van der Waals surface area (Å²) in [5, 5.41) is 0. The molecular weight excluding hydrogens is 269 g/mol. The minimum Gasteiger partial charge on any atom is -0.302 e. The van der Waals surface area contributed by atoms with Gasteiger partial charge in [-0.15, -0.1) is 0 Å². The van der Waals surface area contributed by atoms with Crippen molar-refractivity contribution < 1.29 is 4.39 Å². The van der Waals surface area contributed by atoms with E-state index in [1.807, 2.05) is 6.07 Å². The van der Waals surface area contributed by atoms with E-state index in [0.717, 1.165) is 29.0 Å². The van der Waals surface area contributed by atoms with Gasteiger partial charge in [0.1, 0.15) is 5.82 Å². The molecule has 0 aromatic heterocycles. The molecule has 0 saturated carbocycles. The van der Waals surface area contributed by atoms with Crippen molar-refractivity contribution in [2.24, 2.45) is 5.92 Å². The molecule has 1 rings (SSSR count). The normalized spacial score (nSPS) is 11.4. The Balaban J connectivity index is 2.52. The summed E-state index contributed by atoms with van der Waals surface area (Å²) in [6, 6.07) is 4.87. The van der Waals surface area contributed by atoms with Gasteiger partial charge in [0, 0.05) is 11.0 Å². The lowest BCUT2D eigenvalue weighted by atomic mass is 10.1. The highest BCUT2D eigenvalue weighted by Gasteiger charge is 2.05. The molecule has 90 valence electrons. The molecule has 0 aliphatic carbocycles. The van der Waals surface area contributed by atoms with E-state index in [1.54, 1.807) is 0 Å². The zero-order valence-electron chi connectivity index (χ0n) is 10.1. The zero-order chi connectivity index (χ0) is 12.1. The topological polar surface area (TPSA) is 3.24 Å². The van der Waals surface area contributed by atoms with Crippen LogP contribution in [-0.4, -0.2) is 18.5 Å². The van der Waals surface area contributed by atoms with Crippen molar-refractivity contribution in [2.75, 3.05) is 13.6 Å². The third-order valence-electron chi connectivity index (χ3n) is 2.54. The highest BCUT2D eigenvalue weighted by Crippen LogP contribution is 2.19. The second kappa shape index (κ2) is 6.36. The van der Waals surface area contributed by atoms with Crippen molar-refractivity contribution in [3.05, 3.63) is 34.1 Å². The van der Waals surface area contributed by atoms with Gasteiger partial charge in [0.2, 0.25) is 0 Å². The molecule has 0 aliphatic heterocycles. The van der Waals surface area contributed by atoms with Gasteiger partial charge >= 0.3 is 0 Å². The van der Waals surface area contributed by atoms with Crippen LogP contribution < -0.4 is 0 Å². The fourth-order valence-electron chi connectivity index (χ4n) is 1.50. The van der Waals surface area contributed by atoms with Gasteiger partial charge in [-0.2, -0.15) is 0 Å². The Bertz CT molecular complexity index is 339. The van der Waals surface area contributed by atoms with E-state index in [2.05, 4.69) is 41.7 Å². The van der Waals surface area contributed by atoms with Crippen LogP contribution in [0.3, 0.4) is 0 Å². The third-order valence-corrected chi connectivity index (χ3v) is 3.28. The van der Waals surface area contributed by atoms with Crippen molar-refractivity contribution in [3.63, 3.8) is 0 Å². The number of nitrogens with zero attached hydrogens (tertiary/aromatic N) is 1. The molecule has 0 N–H and O–H groups in total. The van der Waals surface area contributed by atoms with E-state index in [9.17, 15) is 4.39 Å². The van der Waals surface area contributed by atoms with Crippen LogP contribution in [0, 0.1) is 11.7 Å². The molecule has 0 spiro atoms. The molecule has 16 heavy (non-hydrogen) atoms. The van der Waals surface area contributed by atoms with Gasteiger partial charge in [-0.3, -0.25) is 0 Å². The first-order valence-electron chi connectivity index (χ1n) is 5.61. The Hall–Kier alpha value is -0.410. The third kappa shape index (κ3) is 4.62. The van der Waals surface area contributed by atoms with E-state index in [-0.39, 0.29) is 5.82 Å². The van der Waals surface area contributed by atoms with E-state index in [0.29, 0.717) is 0 Å². The van der Waals surface area contributed by atoms with Crippen molar-refractivity contribution in [3.8, 4) is 0 Å². The summed E-state index contributed by atoms with van der Waals surface area (Å²) in [6.45, 7) is 6.37. The fraction of sp³-hybridized carbons (Fsp3) is 0.538. The Kier molecular flexibility index (Phi) is 5.42. The summed E-state index contributed by atoms with van der Waals surface area (Å²) >= 11 is 3.39. The van der Waals surface area contributed by atoms with Crippen LogP contribution in [0.5, 0.6) is 0 Å². The highest BCUT2D eigenvalue weighted by molar-refractivity contribution is 9.10. The lowest BCUT2D eigenvalue weighted by Crippen LogP contribution is -2.20. The predicted molar refractivity (Wildman–Crippen MR) is 69.9 cm³/mol. The van der Waals surface area contributed by atoms with E-state index in [4.69, 9.17) is 0 Å². The van der Waals surface area contributed by atoms with Gasteiger partial charge in [0.05, 0.1) is 0 Å². The molecular formula is C13H19BrFN. The lowest BCUT2D eigenvalue weighted by Gasteiger charge is -2.18. The maximum absolute atomic E-state index is 12.9.